The van der Waals surface area contributed by atoms with Crippen molar-refractivity contribution in [1.29, 1.82) is 0 Å². The number of carbonyl (C=O) groups is 1. The number of benzene rings is 1. The third kappa shape index (κ3) is 2.03. The van der Waals surface area contributed by atoms with Crippen LogP contribution in [0.1, 0.15) is 16.1 Å². The van der Waals surface area contributed by atoms with Crippen LogP contribution in [0.2, 0.25) is 0 Å². The maximum Gasteiger partial charge on any atom is 0.285 e. The highest BCUT2D eigenvalue weighted by atomic mass is 16.1. The number of nitrogens with one attached hydrogen (secondary N) is 1. The minimum atomic E-state index is -0.492. The zero-order chi connectivity index (χ0) is 14.1. The van der Waals surface area contributed by atoms with E-state index >= 15 is 0 Å². The van der Waals surface area contributed by atoms with Gasteiger partial charge in [0.1, 0.15) is 5.69 Å². The van der Waals surface area contributed by atoms with Crippen LogP contribution in [0.15, 0.2) is 35.1 Å². The lowest BCUT2D eigenvalue weighted by Crippen LogP contribution is -2.22. The first-order valence-corrected chi connectivity index (χ1v) is 5.83. The number of hydrogen-bond acceptors (Lipinski definition) is 6. The van der Waals surface area contributed by atoms with Gasteiger partial charge >= 0.3 is 0 Å². The molecule has 100 valence electrons. The van der Waals surface area contributed by atoms with Gasteiger partial charge in [-0.3, -0.25) is 14.7 Å². The van der Waals surface area contributed by atoms with Crippen molar-refractivity contribution in [2.45, 2.75) is 6.42 Å². The Bertz CT molecular complexity index is 836. The number of Topliss-reactive ketones (excluding diaryl/α,β-unsaturated/α-hetero) is 1. The quantitative estimate of drug-likeness (QED) is 0.637. The molecular weight excluding hydrogens is 260 g/mol. The molecule has 1 aromatic carbocycles. The van der Waals surface area contributed by atoms with Crippen molar-refractivity contribution < 1.29 is 4.79 Å². The second-order valence-electron chi connectivity index (χ2n) is 4.16. The van der Waals surface area contributed by atoms with Gasteiger partial charge in [0.15, 0.2) is 5.78 Å². The molecule has 0 bridgehead atoms. The normalized spacial score (nSPS) is 10.8. The molecular formula is C12H10N6O2. The largest absolute Gasteiger partial charge is 0.366 e. The molecule has 0 amide bonds. The second-order valence-corrected chi connectivity index (χ2v) is 4.16. The van der Waals surface area contributed by atoms with Crippen LogP contribution in [0.4, 0.5) is 5.95 Å². The van der Waals surface area contributed by atoms with Crippen LogP contribution in [-0.4, -0.2) is 30.6 Å². The highest BCUT2D eigenvalue weighted by Gasteiger charge is 2.13. The monoisotopic (exact) mass is 270 g/mol. The predicted octanol–water partition coefficient (Wildman–Crippen LogP) is -0.180. The second kappa shape index (κ2) is 4.57. The molecule has 0 unspecified atom stereocenters. The summed E-state index contributed by atoms with van der Waals surface area (Å²) in [5.74, 6) is -0.0102. The number of nitrogens with zero attached hydrogens (tertiary/aromatic N) is 4. The number of carbonyl (C=O) groups excluding carboxylic acids is 1. The summed E-state index contributed by atoms with van der Waals surface area (Å²) in [7, 11) is 0. The molecule has 0 fully saturated rings. The Labute approximate surface area is 112 Å². The van der Waals surface area contributed by atoms with Gasteiger partial charge < -0.3 is 5.73 Å². The van der Waals surface area contributed by atoms with Gasteiger partial charge in [-0.2, -0.15) is 4.52 Å². The molecule has 8 heteroatoms. The van der Waals surface area contributed by atoms with Gasteiger partial charge in [-0.05, 0) is 0 Å². The van der Waals surface area contributed by atoms with Crippen LogP contribution < -0.4 is 11.3 Å². The molecule has 8 nitrogen and oxygen atoms in total. The van der Waals surface area contributed by atoms with E-state index in [1.807, 2.05) is 6.07 Å². The third-order valence-corrected chi connectivity index (χ3v) is 2.81. The maximum atomic E-state index is 12.0. The number of fused-ring (bicyclic) bond motifs is 1. The van der Waals surface area contributed by atoms with Gasteiger partial charge in [-0.15, -0.1) is 10.2 Å². The lowest BCUT2D eigenvalue weighted by Gasteiger charge is -2.01. The van der Waals surface area contributed by atoms with Gasteiger partial charge in [-0.25, -0.2) is 4.98 Å². The van der Waals surface area contributed by atoms with E-state index in [0.29, 0.717) is 5.56 Å². The zero-order valence-corrected chi connectivity index (χ0v) is 10.3. The summed E-state index contributed by atoms with van der Waals surface area (Å²) in [6.45, 7) is 0. The van der Waals surface area contributed by atoms with Gasteiger partial charge in [-0.1, -0.05) is 30.3 Å². The van der Waals surface area contributed by atoms with E-state index in [1.165, 1.54) is 4.52 Å². The van der Waals surface area contributed by atoms with Crippen molar-refractivity contribution in [3.63, 3.8) is 0 Å². The standard InChI is InChI=1S/C12H10N6O2/c13-11-15-16-12-14-8(10(20)17-18(11)12)6-9(19)7-4-2-1-3-5-7/h1-5H,6H2,(H2,13,15)(H,17,20). The van der Waals surface area contributed by atoms with Gasteiger partial charge in [0.2, 0.25) is 5.95 Å². The number of H-pyrrole nitrogens is 1. The first-order chi connectivity index (χ1) is 9.65. The van der Waals surface area contributed by atoms with E-state index in [1.54, 1.807) is 24.3 Å². The maximum absolute atomic E-state index is 12.0. The fourth-order valence-corrected chi connectivity index (χ4v) is 1.80. The van der Waals surface area contributed by atoms with E-state index in [4.69, 9.17) is 5.73 Å². The Morgan fingerprint density at radius 2 is 2.00 bits per heavy atom. The van der Waals surface area contributed by atoms with E-state index < -0.39 is 5.56 Å². The summed E-state index contributed by atoms with van der Waals surface area (Å²) >= 11 is 0. The van der Waals surface area contributed by atoms with Crippen molar-refractivity contribution in [2.75, 3.05) is 5.73 Å². The summed E-state index contributed by atoms with van der Waals surface area (Å²) in [4.78, 5) is 27.9. The molecule has 0 saturated heterocycles. The smallest absolute Gasteiger partial charge is 0.285 e. The van der Waals surface area contributed by atoms with E-state index in [9.17, 15) is 9.59 Å². The molecule has 2 heterocycles. The highest BCUT2D eigenvalue weighted by Crippen LogP contribution is 2.04. The van der Waals surface area contributed by atoms with Crippen LogP contribution in [-0.2, 0) is 6.42 Å². The summed E-state index contributed by atoms with van der Waals surface area (Å²) in [5, 5.41) is 9.74. The number of aromatic nitrogens is 5. The van der Waals surface area contributed by atoms with Gasteiger partial charge in [0.25, 0.3) is 11.3 Å². The van der Waals surface area contributed by atoms with E-state index in [2.05, 4.69) is 20.3 Å². The van der Waals surface area contributed by atoms with Gasteiger partial charge in [0, 0.05) is 5.56 Å². The van der Waals surface area contributed by atoms with Crippen LogP contribution in [0.3, 0.4) is 0 Å². The van der Waals surface area contributed by atoms with Gasteiger partial charge in [0.05, 0.1) is 6.42 Å². The van der Waals surface area contributed by atoms with Crippen LogP contribution in [0.5, 0.6) is 0 Å². The fraction of sp³-hybridized carbons (Fsp3) is 0.0833. The number of aromatic amines is 1. The summed E-state index contributed by atoms with van der Waals surface area (Å²) in [6, 6.07) is 8.70. The first-order valence-electron chi connectivity index (χ1n) is 5.83. The Balaban J connectivity index is 1.97. The summed E-state index contributed by atoms with van der Waals surface area (Å²) in [5.41, 5.74) is 5.61. The number of anilines is 1. The number of ketones is 1. The van der Waals surface area contributed by atoms with E-state index in [0.717, 1.165) is 0 Å². The average Bonchev–Trinajstić information content (AvgIpc) is 2.81. The Hall–Kier alpha value is -3.03. The minimum absolute atomic E-state index is 0.0329. The predicted molar refractivity (Wildman–Crippen MR) is 70.3 cm³/mol. The Kier molecular flexibility index (Phi) is 2.75. The Morgan fingerprint density at radius 1 is 1.25 bits per heavy atom. The lowest BCUT2D eigenvalue weighted by molar-refractivity contribution is 0.0991. The van der Waals surface area contributed by atoms with Crippen LogP contribution >= 0.6 is 0 Å². The van der Waals surface area contributed by atoms with Crippen molar-refractivity contribution >= 4 is 17.5 Å². The van der Waals surface area contributed by atoms with Crippen LogP contribution in [0.25, 0.3) is 5.78 Å². The van der Waals surface area contributed by atoms with Crippen molar-refractivity contribution in [3.05, 3.63) is 51.9 Å². The molecule has 0 atom stereocenters. The molecule has 0 radical (unpaired) electrons. The lowest BCUT2D eigenvalue weighted by atomic mass is 10.1. The van der Waals surface area contributed by atoms with Crippen molar-refractivity contribution in [2.24, 2.45) is 0 Å². The molecule has 2 aromatic heterocycles. The molecule has 3 aromatic rings. The molecule has 0 aliphatic carbocycles. The summed E-state index contributed by atoms with van der Waals surface area (Å²) in [6.07, 6.45) is -0.109. The van der Waals surface area contributed by atoms with E-state index in [-0.39, 0.29) is 29.6 Å². The first kappa shape index (κ1) is 12.0. The highest BCUT2D eigenvalue weighted by molar-refractivity contribution is 5.97. The topological polar surface area (TPSA) is 119 Å². The number of nitrogens with two attached hydrogens (primary N) is 1. The fourth-order valence-electron chi connectivity index (χ4n) is 1.80. The SMILES string of the molecule is Nc1nnc2nc(CC(=O)c3ccccc3)c(=O)[nH]n12. The number of nitrogen functional groups attached to an aromatic ring is 1. The Morgan fingerprint density at radius 3 is 2.75 bits per heavy atom. The molecule has 3 N–H and O–H groups in total. The molecule has 20 heavy (non-hydrogen) atoms. The molecule has 0 spiro atoms. The molecule has 3 rings (SSSR count). The number of hydrogen-bond donors (Lipinski definition) is 2. The van der Waals surface area contributed by atoms with Crippen molar-refractivity contribution in [3.8, 4) is 0 Å². The van der Waals surface area contributed by atoms with Crippen LogP contribution in [0, 0.1) is 0 Å². The molecule has 0 saturated carbocycles. The summed E-state index contributed by atoms with van der Waals surface area (Å²) < 4.78 is 1.17. The minimum Gasteiger partial charge on any atom is -0.366 e. The molecule has 0 aliphatic rings. The molecule has 0 aliphatic heterocycles. The zero-order valence-electron chi connectivity index (χ0n) is 10.3. The number of rotatable bonds is 3. The average molecular weight is 270 g/mol. The third-order valence-electron chi connectivity index (χ3n) is 2.81. The van der Waals surface area contributed by atoms with Crippen molar-refractivity contribution in [1.82, 2.24) is 24.8 Å².